The molecule has 1 atom stereocenters. The van der Waals surface area contributed by atoms with E-state index in [4.69, 9.17) is 9.72 Å². The van der Waals surface area contributed by atoms with Crippen molar-refractivity contribution in [2.75, 3.05) is 38.7 Å². The Balaban J connectivity index is 1.70. The van der Waals surface area contributed by atoms with E-state index in [0.29, 0.717) is 43.6 Å². The highest BCUT2D eigenvalue weighted by molar-refractivity contribution is 7.89. The van der Waals surface area contributed by atoms with Gasteiger partial charge >= 0.3 is 0 Å². The third-order valence-corrected chi connectivity index (χ3v) is 6.95. The third kappa shape index (κ3) is 2.78. The summed E-state index contributed by atoms with van der Waals surface area (Å²) in [5, 5.41) is 0. The lowest BCUT2D eigenvalue weighted by molar-refractivity contribution is 0.0531. The lowest BCUT2D eigenvalue weighted by Gasteiger charge is -2.34. The molecule has 1 saturated heterocycles. The predicted octanol–water partition coefficient (Wildman–Crippen LogP) is 1.41. The molecule has 1 spiro atoms. The number of hydrogen-bond donors (Lipinski definition) is 0. The summed E-state index contributed by atoms with van der Waals surface area (Å²) >= 11 is 0. The van der Waals surface area contributed by atoms with Crippen molar-refractivity contribution in [1.29, 1.82) is 0 Å². The number of nitrogens with zero attached hydrogens (tertiary/aromatic N) is 4. The molecule has 0 N–H and O–H groups in total. The summed E-state index contributed by atoms with van der Waals surface area (Å²) in [6.07, 6.45) is 2.49. The van der Waals surface area contributed by atoms with E-state index < -0.39 is 15.4 Å². The van der Waals surface area contributed by atoms with Crippen LogP contribution < -0.4 is 4.90 Å². The van der Waals surface area contributed by atoms with Crippen LogP contribution in [0, 0.1) is 0 Å². The fraction of sp³-hybridized carbons (Fsp3) is 0.444. The molecule has 0 amide bonds. The maximum Gasteiger partial charge on any atom is 0.243 e. The van der Waals surface area contributed by atoms with Crippen LogP contribution in [0.15, 0.2) is 41.4 Å². The van der Waals surface area contributed by atoms with E-state index in [-0.39, 0.29) is 0 Å². The Morgan fingerprint density at radius 1 is 1.23 bits per heavy atom. The summed E-state index contributed by atoms with van der Waals surface area (Å²) < 4.78 is 33.3. The van der Waals surface area contributed by atoms with Gasteiger partial charge in [-0.15, -0.1) is 0 Å². The summed E-state index contributed by atoms with van der Waals surface area (Å²) in [5.74, 6) is 0.634. The van der Waals surface area contributed by atoms with E-state index in [9.17, 15) is 8.42 Å². The molecular formula is C18H22N4O3S. The van der Waals surface area contributed by atoms with Gasteiger partial charge in [-0.2, -0.15) is 4.31 Å². The monoisotopic (exact) mass is 374 g/mol. The quantitative estimate of drug-likeness (QED) is 0.809. The standard InChI is InChI=1S/C18H22N4O3S/c1-21(2)17-19-10-14-11-25-13-18(16(14)20-17)8-9-22(12-18)26(23,24)15-6-4-3-5-7-15/h3-7,10H,8-9,11-13H2,1-2H3. The van der Waals surface area contributed by atoms with Crippen molar-refractivity contribution in [1.82, 2.24) is 14.3 Å². The van der Waals surface area contributed by atoms with Crippen molar-refractivity contribution in [2.24, 2.45) is 0 Å². The molecule has 0 radical (unpaired) electrons. The second-order valence-corrected chi connectivity index (χ2v) is 9.05. The first kappa shape index (κ1) is 17.4. The third-order valence-electron chi connectivity index (χ3n) is 5.09. The smallest absolute Gasteiger partial charge is 0.243 e. The Morgan fingerprint density at radius 2 is 2.00 bits per heavy atom. The second kappa shape index (κ2) is 6.29. The summed E-state index contributed by atoms with van der Waals surface area (Å²) in [6.45, 7) is 1.78. The molecule has 1 fully saturated rings. The number of hydrogen-bond acceptors (Lipinski definition) is 6. The van der Waals surface area contributed by atoms with Crippen molar-refractivity contribution in [3.05, 3.63) is 47.8 Å². The topological polar surface area (TPSA) is 75.6 Å². The van der Waals surface area contributed by atoms with Gasteiger partial charge in [0, 0.05) is 38.9 Å². The van der Waals surface area contributed by atoms with Crippen LogP contribution in [0.5, 0.6) is 0 Å². The van der Waals surface area contributed by atoms with Gasteiger partial charge in [-0.3, -0.25) is 0 Å². The van der Waals surface area contributed by atoms with E-state index in [1.165, 1.54) is 0 Å². The molecule has 1 aromatic carbocycles. The molecule has 8 heteroatoms. The van der Waals surface area contributed by atoms with Gasteiger partial charge in [-0.1, -0.05) is 18.2 Å². The molecule has 2 aliphatic rings. The first-order valence-corrected chi connectivity index (χ1v) is 10.0. The Morgan fingerprint density at radius 3 is 2.73 bits per heavy atom. The van der Waals surface area contributed by atoms with Crippen molar-refractivity contribution < 1.29 is 13.2 Å². The number of benzene rings is 1. The molecule has 4 rings (SSSR count). The van der Waals surface area contributed by atoms with Gasteiger partial charge in [0.2, 0.25) is 16.0 Å². The number of anilines is 1. The number of aromatic nitrogens is 2. The summed E-state index contributed by atoms with van der Waals surface area (Å²) in [7, 11) is 0.276. The zero-order valence-corrected chi connectivity index (χ0v) is 15.7. The summed E-state index contributed by atoms with van der Waals surface area (Å²) in [6, 6.07) is 8.58. The minimum absolute atomic E-state index is 0.325. The molecular weight excluding hydrogens is 352 g/mol. The second-order valence-electron chi connectivity index (χ2n) is 7.11. The van der Waals surface area contributed by atoms with Crippen LogP contribution in [0.1, 0.15) is 17.7 Å². The van der Waals surface area contributed by atoms with Crippen molar-refractivity contribution in [3.8, 4) is 0 Å². The molecule has 3 heterocycles. The van der Waals surface area contributed by atoms with Crippen molar-refractivity contribution in [2.45, 2.75) is 23.3 Å². The van der Waals surface area contributed by atoms with Gasteiger partial charge in [-0.25, -0.2) is 18.4 Å². The fourth-order valence-electron chi connectivity index (χ4n) is 3.69. The predicted molar refractivity (Wildman–Crippen MR) is 97.5 cm³/mol. The number of ether oxygens (including phenoxy) is 1. The average molecular weight is 374 g/mol. The average Bonchev–Trinajstić information content (AvgIpc) is 3.08. The normalized spacial score (nSPS) is 23.2. The molecule has 0 aliphatic carbocycles. The maximum atomic E-state index is 13.0. The van der Waals surface area contributed by atoms with Crippen LogP contribution >= 0.6 is 0 Å². The van der Waals surface area contributed by atoms with Crippen LogP contribution in [0.4, 0.5) is 5.95 Å². The van der Waals surface area contributed by atoms with Gasteiger partial charge in [0.25, 0.3) is 0 Å². The maximum absolute atomic E-state index is 13.0. The lowest BCUT2D eigenvalue weighted by atomic mass is 9.81. The molecule has 1 aromatic heterocycles. The zero-order valence-electron chi connectivity index (χ0n) is 14.9. The summed E-state index contributed by atoms with van der Waals surface area (Å²) in [4.78, 5) is 11.3. The van der Waals surface area contributed by atoms with Crippen LogP contribution in [0.3, 0.4) is 0 Å². The van der Waals surface area contributed by atoms with Crippen LogP contribution in [-0.2, 0) is 26.8 Å². The van der Waals surface area contributed by atoms with E-state index in [1.807, 2.05) is 25.1 Å². The minimum atomic E-state index is -3.52. The first-order valence-electron chi connectivity index (χ1n) is 8.59. The van der Waals surface area contributed by atoms with E-state index in [1.54, 1.807) is 34.8 Å². The van der Waals surface area contributed by atoms with Crippen LogP contribution in [-0.4, -0.2) is 56.5 Å². The molecule has 7 nitrogen and oxygen atoms in total. The van der Waals surface area contributed by atoms with Crippen molar-refractivity contribution >= 4 is 16.0 Å². The van der Waals surface area contributed by atoms with Crippen LogP contribution in [0.2, 0.25) is 0 Å². The lowest BCUT2D eigenvalue weighted by Crippen LogP contribution is -2.42. The molecule has 1 unspecified atom stereocenters. The van der Waals surface area contributed by atoms with Gasteiger partial charge < -0.3 is 9.64 Å². The molecule has 138 valence electrons. The Kier molecular flexibility index (Phi) is 4.21. The largest absolute Gasteiger partial charge is 0.376 e. The minimum Gasteiger partial charge on any atom is -0.376 e. The number of fused-ring (bicyclic) bond motifs is 2. The highest BCUT2D eigenvalue weighted by Crippen LogP contribution is 2.41. The van der Waals surface area contributed by atoms with Crippen molar-refractivity contribution in [3.63, 3.8) is 0 Å². The molecule has 0 saturated carbocycles. The highest BCUT2D eigenvalue weighted by Gasteiger charge is 2.48. The van der Waals surface area contributed by atoms with Gasteiger partial charge in [0.1, 0.15) is 0 Å². The van der Waals surface area contributed by atoms with Gasteiger partial charge in [-0.05, 0) is 18.6 Å². The first-order chi connectivity index (χ1) is 12.4. The van der Waals surface area contributed by atoms with Gasteiger partial charge in [0.05, 0.1) is 29.2 Å². The fourth-order valence-corrected chi connectivity index (χ4v) is 5.24. The van der Waals surface area contributed by atoms with E-state index in [0.717, 1.165) is 11.3 Å². The SMILES string of the molecule is CN(C)c1ncc2c(n1)C1(CCN(S(=O)(=O)c3ccccc3)C1)COC2. The Hall–Kier alpha value is -2.03. The molecule has 2 aromatic rings. The van der Waals surface area contributed by atoms with Crippen LogP contribution in [0.25, 0.3) is 0 Å². The number of sulfonamides is 1. The van der Waals surface area contributed by atoms with E-state index in [2.05, 4.69) is 4.98 Å². The number of rotatable bonds is 3. The Bertz CT molecular complexity index is 917. The molecule has 2 aliphatic heterocycles. The Labute approximate surface area is 153 Å². The van der Waals surface area contributed by atoms with Gasteiger partial charge in [0.15, 0.2) is 0 Å². The van der Waals surface area contributed by atoms with E-state index >= 15 is 0 Å². The molecule has 26 heavy (non-hydrogen) atoms. The zero-order chi connectivity index (χ0) is 18.4. The molecule has 0 bridgehead atoms. The highest BCUT2D eigenvalue weighted by atomic mass is 32.2. The summed E-state index contributed by atoms with van der Waals surface area (Å²) in [5.41, 5.74) is 1.46.